The van der Waals surface area contributed by atoms with Crippen LogP contribution in [-0.2, 0) is 6.54 Å². The van der Waals surface area contributed by atoms with E-state index in [1.807, 2.05) is 35.9 Å². The Balaban J connectivity index is 1.70. The zero-order chi connectivity index (χ0) is 20.3. The molecule has 0 aliphatic rings. The zero-order valence-electron chi connectivity index (χ0n) is 17.4. The highest BCUT2D eigenvalue weighted by atomic mass is 16.1. The van der Waals surface area contributed by atoms with Gasteiger partial charge in [0.1, 0.15) is 0 Å². The summed E-state index contributed by atoms with van der Waals surface area (Å²) in [7, 11) is 0. The number of rotatable bonds is 6. The number of nitrogens with zero attached hydrogens (tertiary/aromatic N) is 2. The molecule has 1 amide bonds. The van der Waals surface area contributed by atoms with E-state index in [9.17, 15) is 4.79 Å². The van der Waals surface area contributed by atoms with Crippen molar-refractivity contribution in [2.75, 3.05) is 0 Å². The number of carbonyl (C=O) groups is 1. The van der Waals surface area contributed by atoms with Gasteiger partial charge in [-0.15, -0.1) is 0 Å². The molecule has 0 radical (unpaired) electrons. The largest absolute Gasteiger partial charge is 0.345 e. The summed E-state index contributed by atoms with van der Waals surface area (Å²) >= 11 is 0. The smallest absolute Gasteiger partial charge is 0.251 e. The number of aromatic nitrogens is 2. The summed E-state index contributed by atoms with van der Waals surface area (Å²) in [6.45, 7) is 11.1. The van der Waals surface area contributed by atoms with Crippen LogP contribution in [-0.4, -0.2) is 15.7 Å². The Hall–Kier alpha value is -2.88. The lowest BCUT2D eigenvalue weighted by molar-refractivity contribution is 0.0935. The van der Waals surface area contributed by atoms with Gasteiger partial charge in [-0.25, -0.2) is 0 Å². The van der Waals surface area contributed by atoms with Gasteiger partial charge in [0.25, 0.3) is 5.91 Å². The molecule has 1 heterocycles. The van der Waals surface area contributed by atoms with Crippen molar-refractivity contribution in [3.05, 3.63) is 87.7 Å². The topological polar surface area (TPSA) is 46.9 Å². The summed E-state index contributed by atoms with van der Waals surface area (Å²) in [5, 5.41) is 7.68. The molecule has 3 rings (SSSR count). The van der Waals surface area contributed by atoms with Gasteiger partial charge in [0.15, 0.2) is 0 Å². The number of hydrogen-bond donors (Lipinski definition) is 1. The van der Waals surface area contributed by atoms with Crippen LogP contribution in [0.5, 0.6) is 0 Å². The Bertz CT molecular complexity index is 970. The summed E-state index contributed by atoms with van der Waals surface area (Å²) in [5.74, 6) is -0.0375. The number of amides is 1. The zero-order valence-corrected chi connectivity index (χ0v) is 17.4. The van der Waals surface area contributed by atoms with E-state index in [2.05, 4.69) is 62.4 Å². The van der Waals surface area contributed by atoms with E-state index >= 15 is 0 Å². The first kappa shape index (κ1) is 19.9. The molecule has 3 aromatic rings. The van der Waals surface area contributed by atoms with E-state index in [0.29, 0.717) is 12.1 Å². The van der Waals surface area contributed by atoms with Crippen LogP contribution in [0.3, 0.4) is 0 Å². The van der Waals surface area contributed by atoms with Crippen molar-refractivity contribution in [1.82, 2.24) is 15.1 Å². The summed E-state index contributed by atoms with van der Waals surface area (Å²) < 4.78 is 1.98. The lowest BCUT2D eigenvalue weighted by Crippen LogP contribution is -2.28. The van der Waals surface area contributed by atoms with Crippen molar-refractivity contribution >= 4 is 5.91 Å². The minimum Gasteiger partial charge on any atom is -0.345 e. The van der Waals surface area contributed by atoms with Crippen LogP contribution in [0, 0.1) is 27.7 Å². The van der Waals surface area contributed by atoms with Gasteiger partial charge in [0.2, 0.25) is 0 Å². The van der Waals surface area contributed by atoms with E-state index in [1.165, 1.54) is 16.7 Å². The van der Waals surface area contributed by atoms with Gasteiger partial charge in [0.05, 0.1) is 18.3 Å². The summed E-state index contributed by atoms with van der Waals surface area (Å²) in [6, 6.07) is 16.3. The van der Waals surface area contributed by atoms with Gasteiger partial charge < -0.3 is 5.32 Å². The molecule has 146 valence electrons. The van der Waals surface area contributed by atoms with Gasteiger partial charge in [-0.05, 0) is 69.0 Å². The highest BCUT2D eigenvalue weighted by Crippen LogP contribution is 2.22. The van der Waals surface area contributed by atoms with E-state index < -0.39 is 0 Å². The molecule has 0 spiro atoms. The predicted molar refractivity (Wildman–Crippen MR) is 114 cm³/mol. The van der Waals surface area contributed by atoms with Crippen LogP contribution in [0.2, 0.25) is 0 Å². The standard InChI is InChI=1S/C24H29N3O/c1-6-23(22-12-7-16(2)13-17(22)3)25-24(28)21-10-8-20(9-11-21)15-27-19(5)14-18(4)26-27/h7-14,23H,6,15H2,1-5H3,(H,25,28)/t23-/m1/s1. The normalized spacial score (nSPS) is 12.0. The number of aryl methyl sites for hydroxylation is 4. The van der Waals surface area contributed by atoms with Crippen LogP contribution in [0.25, 0.3) is 0 Å². The Morgan fingerprint density at radius 2 is 1.75 bits per heavy atom. The predicted octanol–water partition coefficient (Wildman–Crippen LogP) is 5.05. The van der Waals surface area contributed by atoms with Crippen LogP contribution < -0.4 is 5.32 Å². The number of carbonyl (C=O) groups excluding carboxylic acids is 1. The van der Waals surface area contributed by atoms with Gasteiger partial charge in [-0.2, -0.15) is 5.10 Å². The van der Waals surface area contributed by atoms with Gasteiger partial charge in [0, 0.05) is 11.3 Å². The Kier molecular flexibility index (Phi) is 5.98. The number of benzene rings is 2. The molecule has 0 bridgehead atoms. The minimum absolute atomic E-state index is 0.0162. The van der Waals surface area contributed by atoms with Crippen molar-refractivity contribution in [1.29, 1.82) is 0 Å². The minimum atomic E-state index is -0.0375. The van der Waals surface area contributed by atoms with Gasteiger partial charge in [-0.3, -0.25) is 9.48 Å². The van der Waals surface area contributed by atoms with Crippen molar-refractivity contribution in [3.63, 3.8) is 0 Å². The molecule has 0 aliphatic heterocycles. The van der Waals surface area contributed by atoms with E-state index in [1.54, 1.807) is 0 Å². The maximum atomic E-state index is 12.8. The lowest BCUT2D eigenvalue weighted by Gasteiger charge is -2.20. The average Bonchev–Trinajstić information content (AvgIpc) is 2.97. The molecule has 1 N–H and O–H groups in total. The molecule has 1 atom stereocenters. The first-order valence-corrected chi connectivity index (χ1v) is 9.85. The van der Waals surface area contributed by atoms with Crippen LogP contribution in [0.15, 0.2) is 48.5 Å². The SMILES string of the molecule is CC[C@@H](NC(=O)c1ccc(Cn2nc(C)cc2C)cc1)c1ccc(C)cc1C. The third-order valence-electron chi connectivity index (χ3n) is 5.17. The van der Waals surface area contributed by atoms with Crippen LogP contribution in [0.1, 0.15) is 63.4 Å². The van der Waals surface area contributed by atoms with Crippen molar-refractivity contribution in [3.8, 4) is 0 Å². The summed E-state index contributed by atoms with van der Waals surface area (Å²) in [4.78, 5) is 12.8. The molecule has 0 aliphatic carbocycles. The quantitative estimate of drug-likeness (QED) is 0.656. The molecule has 2 aromatic carbocycles. The molecule has 0 saturated heterocycles. The molecular formula is C24H29N3O. The number of hydrogen-bond acceptors (Lipinski definition) is 2. The molecule has 1 aromatic heterocycles. The Morgan fingerprint density at radius 1 is 1.04 bits per heavy atom. The third-order valence-corrected chi connectivity index (χ3v) is 5.17. The Morgan fingerprint density at radius 3 is 2.32 bits per heavy atom. The van der Waals surface area contributed by atoms with Crippen LogP contribution in [0.4, 0.5) is 0 Å². The van der Waals surface area contributed by atoms with Crippen molar-refractivity contribution < 1.29 is 4.79 Å². The Labute approximate surface area is 167 Å². The van der Waals surface area contributed by atoms with E-state index in [-0.39, 0.29) is 11.9 Å². The second-order valence-electron chi connectivity index (χ2n) is 7.58. The molecule has 4 nitrogen and oxygen atoms in total. The summed E-state index contributed by atoms with van der Waals surface area (Å²) in [6.07, 6.45) is 0.853. The van der Waals surface area contributed by atoms with Crippen molar-refractivity contribution in [2.24, 2.45) is 0 Å². The summed E-state index contributed by atoms with van der Waals surface area (Å²) in [5.41, 5.74) is 7.60. The van der Waals surface area contributed by atoms with Gasteiger partial charge in [-0.1, -0.05) is 42.8 Å². The lowest BCUT2D eigenvalue weighted by atomic mass is 9.97. The van der Waals surface area contributed by atoms with Gasteiger partial charge >= 0.3 is 0 Å². The fourth-order valence-electron chi connectivity index (χ4n) is 3.63. The van der Waals surface area contributed by atoms with E-state index in [4.69, 9.17) is 0 Å². The molecule has 0 saturated carbocycles. The fraction of sp³-hybridized carbons (Fsp3) is 0.333. The maximum Gasteiger partial charge on any atom is 0.251 e. The van der Waals surface area contributed by atoms with Crippen LogP contribution >= 0.6 is 0 Å². The number of nitrogens with one attached hydrogen (secondary N) is 1. The average molecular weight is 376 g/mol. The second kappa shape index (κ2) is 8.42. The monoisotopic (exact) mass is 375 g/mol. The van der Waals surface area contributed by atoms with Crippen molar-refractivity contribution in [2.45, 2.75) is 53.6 Å². The first-order valence-electron chi connectivity index (χ1n) is 9.85. The molecule has 0 fully saturated rings. The second-order valence-corrected chi connectivity index (χ2v) is 7.58. The first-order chi connectivity index (χ1) is 13.4. The molecule has 28 heavy (non-hydrogen) atoms. The maximum absolute atomic E-state index is 12.8. The highest BCUT2D eigenvalue weighted by Gasteiger charge is 2.16. The molecule has 4 heteroatoms. The fourth-order valence-corrected chi connectivity index (χ4v) is 3.63. The third kappa shape index (κ3) is 4.50. The van der Waals surface area contributed by atoms with E-state index in [0.717, 1.165) is 23.4 Å². The molecule has 0 unspecified atom stereocenters. The highest BCUT2D eigenvalue weighted by molar-refractivity contribution is 5.94. The molecular weight excluding hydrogens is 346 g/mol.